The third-order valence-electron chi connectivity index (χ3n) is 4.16. The summed E-state index contributed by atoms with van der Waals surface area (Å²) in [5.74, 6) is 0.680. The van der Waals surface area contributed by atoms with Gasteiger partial charge in [-0.3, -0.25) is 9.78 Å². The zero-order chi connectivity index (χ0) is 17.8. The summed E-state index contributed by atoms with van der Waals surface area (Å²) in [6, 6.07) is 5.83. The molecule has 0 saturated carbocycles. The van der Waals surface area contributed by atoms with E-state index in [2.05, 4.69) is 36.9 Å². The van der Waals surface area contributed by atoms with E-state index in [1.807, 2.05) is 17.9 Å². The molecule has 3 heterocycles. The second-order valence-electron chi connectivity index (χ2n) is 6.02. The topological polar surface area (TPSA) is 73.1 Å². The lowest BCUT2D eigenvalue weighted by Gasteiger charge is -2.23. The minimum atomic E-state index is 0.00215. The zero-order valence-electron chi connectivity index (χ0n) is 13.9. The largest absolute Gasteiger partial charge is 0.354 e. The second-order valence-corrected chi connectivity index (χ2v) is 6.94. The molecule has 1 amide bonds. The van der Waals surface area contributed by atoms with Crippen molar-refractivity contribution in [3.8, 4) is 6.07 Å². The Bertz CT molecular complexity index is 832. The smallest absolute Gasteiger partial charge is 0.255 e. The average molecular weight is 400 g/mol. The molecule has 128 valence electrons. The Morgan fingerprint density at radius 2 is 2.04 bits per heavy atom. The highest BCUT2D eigenvalue weighted by atomic mass is 79.9. The first-order chi connectivity index (χ1) is 12.1. The van der Waals surface area contributed by atoms with Crippen LogP contribution >= 0.6 is 15.9 Å². The monoisotopic (exact) mass is 399 g/mol. The number of nitrogens with zero attached hydrogens (tertiary/aromatic N) is 5. The first-order valence-electron chi connectivity index (χ1n) is 8.10. The lowest BCUT2D eigenvalue weighted by atomic mass is 10.2. The number of carbonyl (C=O) groups excluding carboxylic acids is 1. The lowest BCUT2D eigenvalue weighted by molar-refractivity contribution is 0.0766. The van der Waals surface area contributed by atoms with Gasteiger partial charge in [0.2, 0.25) is 0 Å². The van der Waals surface area contributed by atoms with Crippen molar-refractivity contribution in [3.63, 3.8) is 0 Å². The molecule has 0 bridgehead atoms. The van der Waals surface area contributed by atoms with E-state index in [9.17, 15) is 10.1 Å². The molecule has 0 spiro atoms. The van der Waals surface area contributed by atoms with Gasteiger partial charge < -0.3 is 9.80 Å². The summed E-state index contributed by atoms with van der Waals surface area (Å²) < 4.78 is 0.784. The van der Waals surface area contributed by atoms with Crippen LogP contribution < -0.4 is 4.90 Å². The third kappa shape index (κ3) is 3.97. The Labute approximate surface area is 155 Å². The maximum Gasteiger partial charge on any atom is 0.255 e. The molecule has 6 nitrogen and oxygen atoms in total. The number of amides is 1. The predicted molar refractivity (Wildman–Crippen MR) is 98.4 cm³/mol. The van der Waals surface area contributed by atoms with Crippen LogP contribution in [0.15, 0.2) is 35.2 Å². The number of pyridine rings is 2. The number of nitriles is 1. The van der Waals surface area contributed by atoms with Gasteiger partial charge in [-0.15, -0.1) is 0 Å². The number of hydrogen-bond donors (Lipinski definition) is 0. The van der Waals surface area contributed by atoms with Crippen LogP contribution in [-0.2, 0) is 0 Å². The molecule has 1 saturated heterocycles. The molecule has 7 heteroatoms. The summed E-state index contributed by atoms with van der Waals surface area (Å²) >= 11 is 3.35. The SMILES string of the molecule is Cc1cncc(C(=O)N2CCCN(c3ncc(Br)cc3C#N)CC2)c1. The summed E-state index contributed by atoms with van der Waals surface area (Å²) in [4.78, 5) is 25.1. The molecule has 0 atom stereocenters. The van der Waals surface area contributed by atoms with Crippen LogP contribution in [0.4, 0.5) is 5.82 Å². The normalized spacial score (nSPS) is 14.8. The molecule has 1 aliphatic heterocycles. The summed E-state index contributed by atoms with van der Waals surface area (Å²) in [7, 11) is 0. The quantitative estimate of drug-likeness (QED) is 0.775. The molecule has 2 aromatic rings. The number of halogens is 1. The summed E-state index contributed by atoms with van der Waals surface area (Å²) in [5, 5.41) is 9.35. The number of aromatic nitrogens is 2. The van der Waals surface area contributed by atoms with Crippen LogP contribution in [0.25, 0.3) is 0 Å². The van der Waals surface area contributed by atoms with Crippen molar-refractivity contribution in [3.05, 3.63) is 51.9 Å². The van der Waals surface area contributed by atoms with Gasteiger partial charge in [-0.25, -0.2) is 4.98 Å². The maximum atomic E-state index is 12.7. The van der Waals surface area contributed by atoms with Gasteiger partial charge in [0.15, 0.2) is 0 Å². The van der Waals surface area contributed by atoms with Gasteiger partial charge in [0.25, 0.3) is 5.91 Å². The molecule has 0 aliphatic carbocycles. The van der Waals surface area contributed by atoms with E-state index in [4.69, 9.17) is 0 Å². The van der Waals surface area contributed by atoms with Gasteiger partial charge in [0.1, 0.15) is 11.9 Å². The highest BCUT2D eigenvalue weighted by molar-refractivity contribution is 9.10. The fourth-order valence-electron chi connectivity index (χ4n) is 2.95. The highest BCUT2D eigenvalue weighted by Gasteiger charge is 2.22. The maximum absolute atomic E-state index is 12.7. The minimum absolute atomic E-state index is 0.00215. The van der Waals surface area contributed by atoms with Crippen LogP contribution in [0.1, 0.15) is 27.9 Å². The standard InChI is InChI=1S/C18H18BrN5O/c1-13-7-15(11-21-10-13)18(25)24-4-2-3-23(5-6-24)17-14(9-20)8-16(19)12-22-17/h7-8,10-12H,2-6H2,1H3. The van der Waals surface area contributed by atoms with Crippen LogP contribution in [0.2, 0.25) is 0 Å². The molecular weight excluding hydrogens is 382 g/mol. The number of hydrogen-bond acceptors (Lipinski definition) is 5. The Morgan fingerprint density at radius 1 is 1.20 bits per heavy atom. The summed E-state index contributed by atoms with van der Waals surface area (Å²) in [6.07, 6.45) is 5.88. The number of anilines is 1. The van der Waals surface area contributed by atoms with Crippen molar-refractivity contribution < 1.29 is 4.79 Å². The van der Waals surface area contributed by atoms with Crippen molar-refractivity contribution in [1.29, 1.82) is 5.26 Å². The zero-order valence-corrected chi connectivity index (χ0v) is 15.5. The van der Waals surface area contributed by atoms with Gasteiger partial charge in [0.05, 0.1) is 11.1 Å². The van der Waals surface area contributed by atoms with Crippen molar-refractivity contribution in [2.24, 2.45) is 0 Å². The number of rotatable bonds is 2. The van der Waals surface area contributed by atoms with Gasteiger partial charge in [-0.05, 0) is 47.0 Å². The molecule has 1 aliphatic rings. The average Bonchev–Trinajstić information content (AvgIpc) is 2.87. The molecule has 0 N–H and O–H groups in total. The van der Waals surface area contributed by atoms with Crippen molar-refractivity contribution >= 4 is 27.7 Å². The van der Waals surface area contributed by atoms with E-state index in [-0.39, 0.29) is 5.91 Å². The molecule has 2 aromatic heterocycles. The Morgan fingerprint density at radius 3 is 2.80 bits per heavy atom. The lowest BCUT2D eigenvalue weighted by Crippen LogP contribution is -2.35. The van der Waals surface area contributed by atoms with Gasteiger partial charge in [0, 0.05) is 49.2 Å². The van der Waals surface area contributed by atoms with E-state index < -0.39 is 0 Å². The predicted octanol–water partition coefficient (Wildman–Crippen LogP) is 2.77. The van der Waals surface area contributed by atoms with Gasteiger partial charge in [-0.1, -0.05) is 0 Å². The van der Waals surface area contributed by atoms with Crippen LogP contribution in [-0.4, -0.2) is 47.0 Å². The molecule has 0 aromatic carbocycles. The Hall–Kier alpha value is -2.46. The third-order valence-corrected chi connectivity index (χ3v) is 4.59. The van der Waals surface area contributed by atoms with Crippen molar-refractivity contribution in [2.45, 2.75) is 13.3 Å². The van der Waals surface area contributed by atoms with E-state index in [1.165, 1.54) is 0 Å². The molecule has 0 unspecified atom stereocenters. The van der Waals surface area contributed by atoms with E-state index >= 15 is 0 Å². The first-order valence-corrected chi connectivity index (χ1v) is 8.89. The number of aryl methyl sites for hydroxylation is 1. The van der Waals surface area contributed by atoms with Crippen LogP contribution in [0.3, 0.4) is 0 Å². The highest BCUT2D eigenvalue weighted by Crippen LogP contribution is 2.22. The molecule has 25 heavy (non-hydrogen) atoms. The van der Waals surface area contributed by atoms with E-state index in [0.29, 0.717) is 36.6 Å². The minimum Gasteiger partial charge on any atom is -0.354 e. The molecule has 1 fully saturated rings. The van der Waals surface area contributed by atoms with Crippen molar-refractivity contribution in [1.82, 2.24) is 14.9 Å². The van der Waals surface area contributed by atoms with Crippen LogP contribution in [0, 0.1) is 18.3 Å². The number of carbonyl (C=O) groups is 1. The second kappa shape index (κ2) is 7.62. The van der Waals surface area contributed by atoms with Crippen molar-refractivity contribution in [2.75, 3.05) is 31.1 Å². The van der Waals surface area contributed by atoms with Gasteiger partial charge in [-0.2, -0.15) is 5.26 Å². The Balaban J connectivity index is 1.75. The van der Waals surface area contributed by atoms with Gasteiger partial charge >= 0.3 is 0 Å². The molecule has 0 radical (unpaired) electrons. The summed E-state index contributed by atoms with van der Waals surface area (Å²) in [6.45, 7) is 4.61. The van der Waals surface area contributed by atoms with E-state index in [1.54, 1.807) is 24.7 Å². The fraction of sp³-hybridized carbons (Fsp3) is 0.333. The molecular formula is C18H18BrN5O. The van der Waals surface area contributed by atoms with E-state index in [0.717, 1.165) is 23.0 Å². The summed E-state index contributed by atoms with van der Waals surface area (Å²) in [5.41, 5.74) is 2.13. The van der Waals surface area contributed by atoms with Crippen LogP contribution in [0.5, 0.6) is 0 Å². The Kier molecular flexibility index (Phi) is 5.29. The fourth-order valence-corrected chi connectivity index (χ4v) is 3.28. The molecule has 3 rings (SSSR count). The first kappa shape index (κ1) is 17.4.